The van der Waals surface area contributed by atoms with Gasteiger partial charge in [0.2, 0.25) is 0 Å². The lowest BCUT2D eigenvalue weighted by Crippen LogP contribution is -2.47. The summed E-state index contributed by atoms with van der Waals surface area (Å²) in [5.74, 6) is 0. The number of fused-ring (bicyclic) bond motifs is 1. The highest BCUT2D eigenvalue weighted by Gasteiger charge is 2.56. The van der Waals surface area contributed by atoms with Crippen LogP contribution in [0.25, 0.3) is 0 Å². The standard InChI is InChI=1S/C11H18INO2/c1-15-9-11-5-3-2-4-10(11,8-14)6-13(12)7-11/h2-3,14H,4-9H2,1H3. The zero-order valence-corrected chi connectivity index (χ0v) is 11.2. The molecule has 1 saturated heterocycles. The highest BCUT2D eigenvalue weighted by Crippen LogP contribution is 2.54. The molecule has 2 rings (SSSR count). The van der Waals surface area contributed by atoms with Crippen LogP contribution in [0, 0.1) is 10.8 Å². The maximum absolute atomic E-state index is 9.74. The van der Waals surface area contributed by atoms with E-state index in [1.807, 2.05) is 0 Å². The molecular formula is C11H18INO2. The van der Waals surface area contributed by atoms with Crippen LogP contribution < -0.4 is 0 Å². The number of rotatable bonds is 3. The third kappa shape index (κ3) is 1.75. The predicted octanol–water partition coefficient (Wildman–Crippen LogP) is 1.61. The summed E-state index contributed by atoms with van der Waals surface area (Å²) in [6.07, 6.45) is 6.45. The fourth-order valence-corrected chi connectivity index (χ4v) is 4.35. The second-order valence-corrected chi connectivity index (χ2v) is 6.17. The molecule has 0 spiro atoms. The predicted molar refractivity (Wildman–Crippen MR) is 67.8 cm³/mol. The number of ether oxygens (including phenoxy) is 1. The summed E-state index contributed by atoms with van der Waals surface area (Å²) < 4.78 is 7.68. The molecular weight excluding hydrogens is 305 g/mol. The van der Waals surface area contributed by atoms with Gasteiger partial charge in [-0.3, -0.25) is 0 Å². The minimum atomic E-state index is 0.0128. The average Bonchev–Trinajstić information content (AvgIpc) is 2.51. The van der Waals surface area contributed by atoms with E-state index in [9.17, 15) is 5.11 Å². The lowest BCUT2D eigenvalue weighted by atomic mass is 9.60. The summed E-state index contributed by atoms with van der Waals surface area (Å²) in [7, 11) is 1.76. The third-order valence-corrected chi connectivity index (χ3v) is 4.66. The molecule has 15 heavy (non-hydrogen) atoms. The number of hydrogen-bond acceptors (Lipinski definition) is 3. The van der Waals surface area contributed by atoms with Crippen molar-refractivity contribution in [3.63, 3.8) is 0 Å². The van der Waals surface area contributed by atoms with Crippen molar-refractivity contribution in [1.29, 1.82) is 0 Å². The van der Waals surface area contributed by atoms with Crippen molar-refractivity contribution in [3.05, 3.63) is 12.2 Å². The number of aliphatic hydroxyl groups is 1. The van der Waals surface area contributed by atoms with Crippen molar-refractivity contribution in [1.82, 2.24) is 3.11 Å². The van der Waals surface area contributed by atoms with E-state index in [4.69, 9.17) is 4.74 Å². The topological polar surface area (TPSA) is 32.7 Å². The van der Waals surface area contributed by atoms with Crippen LogP contribution in [0.3, 0.4) is 0 Å². The van der Waals surface area contributed by atoms with E-state index in [0.29, 0.717) is 0 Å². The van der Waals surface area contributed by atoms with Gasteiger partial charge in [-0.2, -0.15) is 0 Å². The Labute approximate surface area is 105 Å². The van der Waals surface area contributed by atoms with Gasteiger partial charge in [0.15, 0.2) is 0 Å². The third-order valence-electron chi connectivity index (χ3n) is 3.98. The van der Waals surface area contributed by atoms with Crippen molar-refractivity contribution in [3.8, 4) is 0 Å². The summed E-state index contributed by atoms with van der Waals surface area (Å²) in [6.45, 7) is 3.00. The van der Waals surface area contributed by atoms with E-state index in [-0.39, 0.29) is 17.4 Å². The zero-order chi connectivity index (χ0) is 10.9. The Hall–Kier alpha value is 0.350. The number of halogens is 1. The van der Waals surface area contributed by atoms with Gasteiger partial charge in [0.05, 0.1) is 13.2 Å². The van der Waals surface area contributed by atoms with Crippen LogP contribution in [0.1, 0.15) is 12.8 Å². The molecule has 4 heteroatoms. The summed E-state index contributed by atoms with van der Waals surface area (Å²) >= 11 is 2.36. The molecule has 0 aromatic rings. The summed E-state index contributed by atoms with van der Waals surface area (Å²) in [5, 5.41) is 9.74. The van der Waals surface area contributed by atoms with Crippen LogP contribution in [0.4, 0.5) is 0 Å². The van der Waals surface area contributed by atoms with Gasteiger partial charge in [-0.15, -0.1) is 0 Å². The molecule has 0 aromatic carbocycles. The molecule has 0 saturated carbocycles. The van der Waals surface area contributed by atoms with E-state index in [0.717, 1.165) is 32.5 Å². The molecule has 1 N–H and O–H groups in total. The molecule has 1 aliphatic heterocycles. The molecule has 0 amide bonds. The molecule has 2 unspecified atom stereocenters. The first-order valence-electron chi connectivity index (χ1n) is 5.34. The quantitative estimate of drug-likeness (QED) is 0.487. The average molecular weight is 323 g/mol. The first-order valence-corrected chi connectivity index (χ1v) is 6.30. The smallest absolute Gasteiger partial charge is 0.0541 e. The molecule has 0 radical (unpaired) electrons. The summed E-state index contributed by atoms with van der Waals surface area (Å²) in [5.41, 5.74) is 0.130. The molecule has 3 nitrogen and oxygen atoms in total. The van der Waals surface area contributed by atoms with Crippen molar-refractivity contribution >= 4 is 22.9 Å². The van der Waals surface area contributed by atoms with Crippen LogP contribution in [0.15, 0.2) is 12.2 Å². The molecule has 1 aliphatic carbocycles. The van der Waals surface area contributed by atoms with Gasteiger partial charge in [-0.05, 0) is 12.8 Å². The largest absolute Gasteiger partial charge is 0.396 e. The Morgan fingerprint density at radius 2 is 1.93 bits per heavy atom. The minimum absolute atomic E-state index is 0.0128. The summed E-state index contributed by atoms with van der Waals surface area (Å²) in [6, 6.07) is 0. The van der Waals surface area contributed by atoms with Crippen molar-refractivity contribution in [2.45, 2.75) is 12.8 Å². The number of methoxy groups -OCH3 is 1. The Balaban J connectivity index is 2.32. The molecule has 0 aromatic heterocycles. The second-order valence-electron chi connectivity index (χ2n) is 4.81. The zero-order valence-electron chi connectivity index (χ0n) is 9.08. The first kappa shape index (κ1) is 11.8. The molecule has 2 aliphatic rings. The van der Waals surface area contributed by atoms with Crippen LogP contribution in [0.5, 0.6) is 0 Å². The monoisotopic (exact) mass is 323 g/mol. The fourth-order valence-electron chi connectivity index (χ4n) is 3.04. The van der Waals surface area contributed by atoms with E-state index < -0.39 is 0 Å². The van der Waals surface area contributed by atoms with Crippen molar-refractivity contribution in [2.75, 3.05) is 33.4 Å². The van der Waals surface area contributed by atoms with E-state index >= 15 is 0 Å². The van der Waals surface area contributed by atoms with Gasteiger partial charge in [0.25, 0.3) is 0 Å². The summed E-state index contributed by atoms with van der Waals surface area (Å²) in [4.78, 5) is 0. The van der Waals surface area contributed by atoms with Gasteiger partial charge in [-0.25, -0.2) is 3.11 Å². The number of allylic oxidation sites excluding steroid dienone is 2. The highest BCUT2D eigenvalue weighted by molar-refractivity contribution is 14.1. The van der Waals surface area contributed by atoms with E-state index in [1.165, 1.54) is 0 Å². The van der Waals surface area contributed by atoms with Crippen LogP contribution in [-0.4, -0.2) is 41.6 Å². The van der Waals surface area contributed by atoms with Gasteiger partial charge >= 0.3 is 0 Å². The van der Waals surface area contributed by atoms with Gasteiger partial charge in [0, 0.05) is 53.9 Å². The Bertz CT molecular complexity index is 271. The molecule has 2 atom stereocenters. The number of aliphatic hydroxyl groups excluding tert-OH is 1. The maximum atomic E-state index is 9.74. The fraction of sp³-hybridized carbons (Fsp3) is 0.818. The van der Waals surface area contributed by atoms with Gasteiger partial charge < -0.3 is 9.84 Å². The second kappa shape index (κ2) is 4.31. The maximum Gasteiger partial charge on any atom is 0.0541 e. The number of hydrogen-bond donors (Lipinski definition) is 1. The Morgan fingerprint density at radius 1 is 1.33 bits per heavy atom. The molecule has 1 heterocycles. The van der Waals surface area contributed by atoms with Crippen LogP contribution in [0.2, 0.25) is 0 Å². The molecule has 1 fully saturated rings. The van der Waals surface area contributed by atoms with E-state index in [2.05, 4.69) is 38.1 Å². The Morgan fingerprint density at radius 3 is 2.53 bits per heavy atom. The lowest BCUT2D eigenvalue weighted by Gasteiger charge is -2.45. The highest BCUT2D eigenvalue weighted by atomic mass is 127. The Kier molecular flexibility index (Phi) is 3.40. The molecule has 86 valence electrons. The van der Waals surface area contributed by atoms with Crippen LogP contribution >= 0.6 is 22.9 Å². The normalized spacial score (nSPS) is 40.7. The van der Waals surface area contributed by atoms with Gasteiger partial charge in [-0.1, -0.05) is 12.2 Å². The lowest BCUT2D eigenvalue weighted by molar-refractivity contribution is -0.0321. The van der Waals surface area contributed by atoms with Gasteiger partial charge in [0.1, 0.15) is 0 Å². The first-order chi connectivity index (χ1) is 7.18. The van der Waals surface area contributed by atoms with Crippen molar-refractivity contribution in [2.24, 2.45) is 10.8 Å². The van der Waals surface area contributed by atoms with Crippen LogP contribution in [-0.2, 0) is 4.74 Å². The number of nitrogens with zero attached hydrogens (tertiary/aromatic N) is 1. The SMILES string of the molecule is COCC12CC=CCC1(CO)CN(I)C2. The van der Waals surface area contributed by atoms with Crippen molar-refractivity contribution < 1.29 is 9.84 Å². The van der Waals surface area contributed by atoms with E-state index in [1.54, 1.807) is 7.11 Å². The minimum Gasteiger partial charge on any atom is -0.396 e. The molecule has 0 bridgehead atoms.